The number of amides is 1. The van der Waals surface area contributed by atoms with Crippen LogP contribution < -0.4 is 5.73 Å². The highest BCUT2D eigenvalue weighted by Crippen LogP contribution is 2.36. The Morgan fingerprint density at radius 3 is 2.00 bits per heavy atom. The molecule has 1 heterocycles. The first-order valence-electron chi connectivity index (χ1n) is 9.15. The number of hydrogen-bond acceptors (Lipinski definition) is 1. The molecule has 134 valence electrons. The van der Waals surface area contributed by atoms with Gasteiger partial charge in [-0.15, -0.1) is 0 Å². The van der Waals surface area contributed by atoms with E-state index < -0.39 is 0 Å². The first-order chi connectivity index (χ1) is 12.5. The zero-order valence-corrected chi connectivity index (χ0v) is 15.9. The first-order valence-corrected chi connectivity index (χ1v) is 9.15. The van der Waals surface area contributed by atoms with Crippen molar-refractivity contribution in [2.24, 2.45) is 5.73 Å². The first kappa shape index (κ1) is 18.0. The molecule has 0 aliphatic rings. The molecule has 26 heavy (non-hydrogen) atoms. The number of primary amides is 1. The molecule has 3 heteroatoms. The molecule has 1 aromatic heterocycles. The topological polar surface area (TPSA) is 48.0 Å². The quantitative estimate of drug-likeness (QED) is 0.663. The summed E-state index contributed by atoms with van der Waals surface area (Å²) in [5, 5.41) is 0. The van der Waals surface area contributed by atoms with Crippen LogP contribution in [-0.2, 0) is 6.42 Å². The summed E-state index contributed by atoms with van der Waals surface area (Å²) in [5.41, 5.74) is 12.9. The van der Waals surface area contributed by atoms with E-state index in [2.05, 4.69) is 61.7 Å². The van der Waals surface area contributed by atoms with Crippen LogP contribution in [0.25, 0.3) is 22.3 Å². The van der Waals surface area contributed by atoms with Gasteiger partial charge in [0, 0.05) is 23.0 Å². The van der Waals surface area contributed by atoms with Crippen molar-refractivity contribution in [3.8, 4) is 22.3 Å². The molecular weight excluding hydrogens is 320 g/mol. The summed E-state index contributed by atoms with van der Waals surface area (Å²) in [6.45, 7) is 8.39. The number of rotatable bonds is 5. The zero-order valence-electron chi connectivity index (χ0n) is 15.9. The van der Waals surface area contributed by atoms with Crippen molar-refractivity contribution in [2.45, 2.75) is 40.2 Å². The molecule has 0 spiro atoms. The van der Waals surface area contributed by atoms with Crippen molar-refractivity contribution < 1.29 is 4.79 Å². The van der Waals surface area contributed by atoms with Gasteiger partial charge >= 0.3 is 0 Å². The number of carbonyl (C=O) groups excluding carboxylic acids is 1. The molecule has 0 aliphatic carbocycles. The van der Waals surface area contributed by atoms with Crippen LogP contribution in [-0.4, -0.2) is 10.5 Å². The van der Waals surface area contributed by atoms with Gasteiger partial charge in [0.2, 0.25) is 0 Å². The van der Waals surface area contributed by atoms with Crippen LogP contribution >= 0.6 is 0 Å². The SMILES string of the molecule is CCc1c(-c2ccc(-c3ccccc3)cc2)c(C(N)=O)c(C)n1C(C)C. The van der Waals surface area contributed by atoms with E-state index in [9.17, 15) is 4.79 Å². The lowest BCUT2D eigenvalue weighted by Crippen LogP contribution is -2.14. The standard InChI is InChI=1S/C23H26N2O/c1-5-20-22(21(23(24)26)16(4)25(20)15(2)3)19-13-11-18(12-14-19)17-9-7-6-8-10-17/h6-15H,5H2,1-4H3,(H2,24,26). The Bertz CT molecular complexity index is 919. The maximum absolute atomic E-state index is 12.2. The van der Waals surface area contributed by atoms with Crippen molar-refractivity contribution in [3.05, 3.63) is 71.5 Å². The molecule has 3 aromatic rings. The number of nitrogens with zero attached hydrogens (tertiary/aromatic N) is 1. The summed E-state index contributed by atoms with van der Waals surface area (Å²) in [6, 6.07) is 19.0. The molecule has 2 N–H and O–H groups in total. The second-order valence-electron chi connectivity index (χ2n) is 6.91. The molecule has 0 atom stereocenters. The third-order valence-electron chi connectivity index (χ3n) is 4.93. The number of hydrogen-bond donors (Lipinski definition) is 1. The highest BCUT2D eigenvalue weighted by Gasteiger charge is 2.24. The molecular formula is C23H26N2O. The molecule has 3 nitrogen and oxygen atoms in total. The van der Waals surface area contributed by atoms with Crippen LogP contribution in [0.3, 0.4) is 0 Å². The third kappa shape index (κ3) is 3.05. The molecule has 3 rings (SSSR count). The van der Waals surface area contributed by atoms with Crippen LogP contribution in [0.2, 0.25) is 0 Å². The van der Waals surface area contributed by atoms with Gasteiger partial charge in [0.1, 0.15) is 0 Å². The van der Waals surface area contributed by atoms with Gasteiger partial charge in [-0.3, -0.25) is 4.79 Å². The van der Waals surface area contributed by atoms with E-state index in [1.165, 1.54) is 11.3 Å². The lowest BCUT2D eigenvalue weighted by Gasteiger charge is -2.15. The fourth-order valence-corrected chi connectivity index (χ4v) is 3.89. The molecule has 1 amide bonds. The number of aromatic nitrogens is 1. The fraction of sp³-hybridized carbons (Fsp3) is 0.261. The van der Waals surface area contributed by atoms with Gasteiger partial charge in [-0.25, -0.2) is 0 Å². The largest absolute Gasteiger partial charge is 0.366 e. The Morgan fingerprint density at radius 2 is 1.50 bits per heavy atom. The molecule has 0 unspecified atom stereocenters. The summed E-state index contributed by atoms with van der Waals surface area (Å²) >= 11 is 0. The second-order valence-corrected chi connectivity index (χ2v) is 6.91. The van der Waals surface area contributed by atoms with E-state index in [1.54, 1.807) is 0 Å². The molecule has 0 fully saturated rings. The minimum Gasteiger partial charge on any atom is -0.366 e. The smallest absolute Gasteiger partial charge is 0.251 e. The molecule has 2 aromatic carbocycles. The van der Waals surface area contributed by atoms with Gasteiger partial charge in [0.15, 0.2) is 0 Å². The molecule has 0 radical (unpaired) electrons. The number of nitrogens with two attached hydrogens (primary N) is 1. The van der Waals surface area contributed by atoms with Crippen LogP contribution in [0.15, 0.2) is 54.6 Å². The van der Waals surface area contributed by atoms with Gasteiger partial charge in [0.25, 0.3) is 5.91 Å². The molecule has 0 saturated carbocycles. The predicted molar refractivity (Wildman–Crippen MR) is 108 cm³/mol. The predicted octanol–water partition coefficient (Wildman–Crippen LogP) is 5.37. The second kappa shape index (κ2) is 7.20. The normalized spacial score (nSPS) is 11.1. The van der Waals surface area contributed by atoms with E-state index >= 15 is 0 Å². The average Bonchev–Trinajstić information content (AvgIpc) is 2.95. The van der Waals surface area contributed by atoms with E-state index in [-0.39, 0.29) is 11.9 Å². The molecule has 0 bridgehead atoms. The highest BCUT2D eigenvalue weighted by atomic mass is 16.1. The fourth-order valence-electron chi connectivity index (χ4n) is 3.89. The van der Waals surface area contributed by atoms with E-state index in [0.717, 1.165) is 28.8 Å². The van der Waals surface area contributed by atoms with Crippen LogP contribution in [0.1, 0.15) is 48.6 Å². The van der Waals surface area contributed by atoms with Crippen molar-refractivity contribution >= 4 is 5.91 Å². The monoisotopic (exact) mass is 346 g/mol. The summed E-state index contributed by atoms with van der Waals surface area (Å²) in [5.74, 6) is -0.362. The Hall–Kier alpha value is -2.81. The molecule has 0 saturated heterocycles. The van der Waals surface area contributed by atoms with E-state index in [1.807, 2.05) is 25.1 Å². The van der Waals surface area contributed by atoms with Crippen LogP contribution in [0, 0.1) is 6.92 Å². The Labute approximate surface area is 155 Å². The average molecular weight is 346 g/mol. The lowest BCUT2D eigenvalue weighted by atomic mass is 9.96. The highest BCUT2D eigenvalue weighted by molar-refractivity contribution is 6.02. The summed E-state index contributed by atoms with van der Waals surface area (Å²) in [6.07, 6.45) is 0.849. The summed E-state index contributed by atoms with van der Waals surface area (Å²) in [7, 11) is 0. The van der Waals surface area contributed by atoms with Crippen molar-refractivity contribution in [3.63, 3.8) is 0 Å². The Kier molecular flexibility index (Phi) is 4.99. The van der Waals surface area contributed by atoms with E-state index in [0.29, 0.717) is 5.56 Å². The van der Waals surface area contributed by atoms with Gasteiger partial charge < -0.3 is 10.3 Å². The van der Waals surface area contributed by atoms with E-state index in [4.69, 9.17) is 5.73 Å². The lowest BCUT2D eigenvalue weighted by molar-refractivity contribution is 0.1000. The Balaban J connectivity index is 2.17. The van der Waals surface area contributed by atoms with Gasteiger partial charge in [-0.05, 0) is 43.9 Å². The van der Waals surface area contributed by atoms with Crippen molar-refractivity contribution in [2.75, 3.05) is 0 Å². The number of benzene rings is 2. The minimum atomic E-state index is -0.362. The maximum Gasteiger partial charge on any atom is 0.251 e. The summed E-state index contributed by atoms with van der Waals surface area (Å²) in [4.78, 5) is 12.2. The van der Waals surface area contributed by atoms with Gasteiger partial charge in [-0.1, -0.05) is 61.5 Å². The van der Waals surface area contributed by atoms with Crippen LogP contribution in [0.5, 0.6) is 0 Å². The van der Waals surface area contributed by atoms with Crippen molar-refractivity contribution in [1.29, 1.82) is 0 Å². The number of carbonyl (C=O) groups is 1. The summed E-state index contributed by atoms with van der Waals surface area (Å²) < 4.78 is 2.24. The van der Waals surface area contributed by atoms with Gasteiger partial charge in [0.05, 0.1) is 5.56 Å². The Morgan fingerprint density at radius 1 is 0.962 bits per heavy atom. The van der Waals surface area contributed by atoms with Gasteiger partial charge in [-0.2, -0.15) is 0 Å². The minimum absolute atomic E-state index is 0.278. The third-order valence-corrected chi connectivity index (χ3v) is 4.93. The van der Waals surface area contributed by atoms with Crippen molar-refractivity contribution in [1.82, 2.24) is 4.57 Å². The molecule has 0 aliphatic heterocycles. The zero-order chi connectivity index (χ0) is 18.8. The maximum atomic E-state index is 12.2. The van der Waals surface area contributed by atoms with Crippen LogP contribution in [0.4, 0.5) is 0 Å².